The predicted octanol–water partition coefficient (Wildman–Crippen LogP) is 4.18. The lowest BCUT2D eigenvalue weighted by molar-refractivity contribution is -0.145. The first-order chi connectivity index (χ1) is 15.2. The number of halogens is 1. The Labute approximate surface area is 184 Å². The number of hydrogen-bond acceptors (Lipinski definition) is 6. The number of carboxylic acids is 1. The smallest absolute Gasteiger partial charge is 0.343 e. The maximum absolute atomic E-state index is 14.2. The summed E-state index contributed by atoms with van der Waals surface area (Å²) < 4.78 is 24.7. The van der Waals surface area contributed by atoms with Gasteiger partial charge >= 0.3 is 11.9 Å². The molecule has 166 valence electrons. The van der Waals surface area contributed by atoms with Crippen LogP contribution in [0, 0.1) is 18.7 Å². The fraction of sp³-hybridized carbons (Fsp3) is 0.208. The first-order valence-corrected chi connectivity index (χ1v) is 9.74. The zero-order chi connectivity index (χ0) is 23.4. The van der Waals surface area contributed by atoms with Gasteiger partial charge < -0.3 is 19.7 Å². The number of aromatic nitrogens is 1. The summed E-state index contributed by atoms with van der Waals surface area (Å²) in [6, 6.07) is 12.3. The standard InChI is InChI=1S/C24H22FNO6/c1-13-9-15(19-11-21(31-3)26-12-20(19)25)7-8-18(13)24(30)32-17-6-4-5-16(10-17)22(27)14(2)23(28)29/h4-12,14,22,27H,1-3H3,(H,28,29)/t14-,22+/m0/s1. The number of esters is 1. The molecule has 1 aromatic heterocycles. The van der Waals surface area contributed by atoms with Crippen LogP contribution in [0.5, 0.6) is 11.6 Å². The number of carboxylic acid groups (broad SMARTS) is 1. The van der Waals surface area contributed by atoms with Gasteiger partial charge in [0.2, 0.25) is 5.88 Å². The zero-order valence-corrected chi connectivity index (χ0v) is 17.7. The third-order valence-electron chi connectivity index (χ3n) is 5.07. The van der Waals surface area contributed by atoms with E-state index in [-0.39, 0.29) is 22.8 Å². The number of benzene rings is 2. The van der Waals surface area contributed by atoms with Gasteiger partial charge in [0, 0.05) is 11.6 Å². The topological polar surface area (TPSA) is 106 Å². The number of aliphatic hydroxyl groups excluding tert-OH is 1. The minimum atomic E-state index is -1.25. The first kappa shape index (κ1) is 22.9. The summed E-state index contributed by atoms with van der Waals surface area (Å²) in [5.74, 6) is -2.90. The molecule has 2 aromatic carbocycles. The summed E-state index contributed by atoms with van der Waals surface area (Å²) in [4.78, 5) is 27.6. The molecular weight excluding hydrogens is 417 g/mol. The van der Waals surface area contributed by atoms with Gasteiger partial charge in [-0.25, -0.2) is 14.2 Å². The molecule has 3 rings (SSSR count). The molecule has 0 aliphatic heterocycles. The van der Waals surface area contributed by atoms with Crippen LogP contribution in [0.3, 0.4) is 0 Å². The number of methoxy groups -OCH3 is 1. The van der Waals surface area contributed by atoms with Crippen molar-refractivity contribution in [3.05, 3.63) is 77.2 Å². The number of carbonyl (C=O) groups is 2. The second-order valence-electron chi connectivity index (χ2n) is 7.27. The van der Waals surface area contributed by atoms with Crippen LogP contribution in [0.25, 0.3) is 11.1 Å². The Morgan fingerprint density at radius 1 is 1.12 bits per heavy atom. The highest BCUT2D eigenvalue weighted by Crippen LogP contribution is 2.29. The zero-order valence-electron chi connectivity index (χ0n) is 17.7. The number of aliphatic carboxylic acids is 1. The number of aryl methyl sites for hydroxylation is 1. The van der Waals surface area contributed by atoms with Crippen molar-refractivity contribution in [2.75, 3.05) is 7.11 Å². The number of ether oxygens (including phenoxy) is 2. The summed E-state index contributed by atoms with van der Waals surface area (Å²) in [5, 5.41) is 19.3. The van der Waals surface area contributed by atoms with Crippen molar-refractivity contribution < 1.29 is 33.7 Å². The Morgan fingerprint density at radius 2 is 1.88 bits per heavy atom. The van der Waals surface area contributed by atoms with Crippen molar-refractivity contribution in [1.29, 1.82) is 0 Å². The molecule has 0 bridgehead atoms. The highest BCUT2D eigenvalue weighted by atomic mass is 19.1. The van der Waals surface area contributed by atoms with Gasteiger partial charge in [0.25, 0.3) is 0 Å². The summed E-state index contributed by atoms with van der Waals surface area (Å²) in [5.41, 5.74) is 2.00. The second-order valence-corrected chi connectivity index (χ2v) is 7.27. The normalized spacial score (nSPS) is 12.7. The van der Waals surface area contributed by atoms with E-state index in [0.29, 0.717) is 16.7 Å². The lowest BCUT2D eigenvalue weighted by Gasteiger charge is -2.16. The maximum Gasteiger partial charge on any atom is 0.343 e. The molecule has 0 saturated carbocycles. The highest BCUT2D eigenvalue weighted by molar-refractivity contribution is 5.93. The monoisotopic (exact) mass is 439 g/mol. The van der Waals surface area contributed by atoms with Crippen molar-refractivity contribution in [3.63, 3.8) is 0 Å². The number of pyridine rings is 1. The van der Waals surface area contributed by atoms with Gasteiger partial charge in [-0.2, -0.15) is 0 Å². The van der Waals surface area contributed by atoms with Crippen molar-refractivity contribution in [3.8, 4) is 22.8 Å². The molecular formula is C24H22FNO6. The summed E-state index contributed by atoms with van der Waals surface area (Å²) >= 11 is 0. The maximum atomic E-state index is 14.2. The van der Waals surface area contributed by atoms with Crippen LogP contribution >= 0.6 is 0 Å². The summed E-state index contributed by atoms with van der Waals surface area (Å²) in [6.07, 6.45) is -0.183. The number of nitrogens with zero attached hydrogens (tertiary/aromatic N) is 1. The number of carbonyl (C=O) groups excluding carboxylic acids is 1. The van der Waals surface area contributed by atoms with Crippen LogP contribution in [0.2, 0.25) is 0 Å². The molecule has 0 amide bonds. The van der Waals surface area contributed by atoms with Crippen molar-refractivity contribution in [1.82, 2.24) is 4.98 Å². The van der Waals surface area contributed by atoms with Crippen LogP contribution in [0.15, 0.2) is 54.7 Å². The molecule has 3 aromatic rings. The summed E-state index contributed by atoms with van der Waals surface area (Å²) in [7, 11) is 1.44. The van der Waals surface area contributed by atoms with Crippen molar-refractivity contribution >= 4 is 11.9 Å². The Bertz CT molecular complexity index is 1160. The van der Waals surface area contributed by atoms with Gasteiger partial charge in [-0.15, -0.1) is 0 Å². The van der Waals surface area contributed by atoms with E-state index in [1.54, 1.807) is 31.2 Å². The predicted molar refractivity (Wildman–Crippen MR) is 114 cm³/mol. The van der Waals surface area contributed by atoms with Gasteiger partial charge in [0.1, 0.15) is 11.6 Å². The highest BCUT2D eigenvalue weighted by Gasteiger charge is 2.23. The lowest BCUT2D eigenvalue weighted by Crippen LogP contribution is -2.18. The SMILES string of the molecule is COc1cc(-c2ccc(C(=O)Oc3cccc([C@H](O)[C@H](C)C(=O)O)c3)c(C)c2)c(F)cn1. The third kappa shape index (κ3) is 4.92. The van der Waals surface area contributed by atoms with E-state index in [1.165, 1.54) is 38.3 Å². The third-order valence-corrected chi connectivity index (χ3v) is 5.07. The largest absolute Gasteiger partial charge is 0.481 e. The minimum absolute atomic E-state index is 0.164. The van der Waals surface area contributed by atoms with E-state index < -0.39 is 29.8 Å². The Balaban J connectivity index is 1.82. The van der Waals surface area contributed by atoms with Crippen molar-refractivity contribution in [2.45, 2.75) is 20.0 Å². The van der Waals surface area contributed by atoms with E-state index in [0.717, 1.165) is 6.20 Å². The van der Waals surface area contributed by atoms with Gasteiger partial charge in [0.15, 0.2) is 0 Å². The molecule has 0 saturated heterocycles. The summed E-state index contributed by atoms with van der Waals surface area (Å²) in [6.45, 7) is 3.09. The van der Waals surface area contributed by atoms with Crippen LogP contribution in [-0.2, 0) is 4.79 Å². The van der Waals surface area contributed by atoms with E-state index in [1.807, 2.05) is 0 Å². The molecule has 0 spiro atoms. The molecule has 7 nitrogen and oxygen atoms in total. The molecule has 2 N–H and O–H groups in total. The van der Waals surface area contributed by atoms with Crippen LogP contribution in [0.4, 0.5) is 4.39 Å². The van der Waals surface area contributed by atoms with Crippen molar-refractivity contribution in [2.24, 2.45) is 5.92 Å². The molecule has 0 unspecified atom stereocenters. The second kappa shape index (κ2) is 9.57. The van der Waals surface area contributed by atoms with Gasteiger partial charge in [0.05, 0.1) is 30.9 Å². The van der Waals surface area contributed by atoms with E-state index >= 15 is 0 Å². The quantitative estimate of drug-likeness (QED) is 0.420. The van der Waals surface area contributed by atoms with Gasteiger partial charge in [-0.3, -0.25) is 4.79 Å². The Kier molecular flexibility index (Phi) is 6.85. The van der Waals surface area contributed by atoms with Gasteiger partial charge in [-0.1, -0.05) is 24.3 Å². The van der Waals surface area contributed by atoms with Crippen LogP contribution in [-0.4, -0.2) is 34.2 Å². The minimum Gasteiger partial charge on any atom is -0.481 e. The van der Waals surface area contributed by atoms with E-state index in [4.69, 9.17) is 14.6 Å². The fourth-order valence-corrected chi connectivity index (χ4v) is 3.16. The number of hydrogen-bond donors (Lipinski definition) is 2. The Hall–Kier alpha value is -3.78. The average molecular weight is 439 g/mol. The molecule has 0 radical (unpaired) electrons. The first-order valence-electron chi connectivity index (χ1n) is 9.74. The molecule has 1 heterocycles. The molecule has 8 heteroatoms. The van der Waals surface area contributed by atoms with E-state index in [2.05, 4.69) is 4.98 Å². The molecule has 32 heavy (non-hydrogen) atoms. The number of rotatable bonds is 7. The number of aliphatic hydroxyl groups is 1. The molecule has 0 aliphatic carbocycles. The average Bonchev–Trinajstić information content (AvgIpc) is 2.78. The lowest BCUT2D eigenvalue weighted by atomic mass is 9.97. The molecule has 0 aliphatic rings. The molecule has 2 atom stereocenters. The van der Waals surface area contributed by atoms with Crippen LogP contribution < -0.4 is 9.47 Å². The van der Waals surface area contributed by atoms with Crippen LogP contribution in [0.1, 0.15) is 34.5 Å². The molecule has 0 fully saturated rings. The fourth-order valence-electron chi connectivity index (χ4n) is 3.16. The van der Waals surface area contributed by atoms with E-state index in [9.17, 15) is 19.1 Å². The van der Waals surface area contributed by atoms with Gasteiger partial charge in [-0.05, 0) is 48.7 Å². The Morgan fingerprint density at radius 3 is 2.53 bits per heavy atom.